The lowest BCUT2D eigenvalue weighted by molar-refractivity contribution is -0.0979. The second kappa shape index (κ2) is 8.24. The molecule has 0 aromatic heterocycles. The average molecular weight is 256 g/mol. The van der Waals surface area contributed by atoms with Gasteiger partial charge in [0.25, 0.3) is 0 Å². The Bertz CT molecular complexity index is 156. The van der Waals surface area contributed by atoms with Crippen molar-refractivity contribution in [3.05, 3.63) is 0 Å². The van der Waals surface area contributed by atoms with Crippen molar-refractivity contribution in [2.45, 2.75) is 47.0 Å². The van der Waals surface area contributed by atoms with Crippen LogP contribution in [0.25, 0.3) is 0 Å². The zero-order valence-electron chi connectivity index (χ0n) is 12.6. The Hall–Kier alpha value is 0.0969. The molecule has 17 heavy (non-hydrogen) atoms. The quantitative estimate of drug-likeness (QED) is 0.460. The molecule has 0 bridgehead atoms. The van der Waals surface area contributed by atoms with Crippen LogP contribution < -0.4 is 0 Å². The maximum absolute atomic E-state index is 4.08. The van der Waals surface area contributed by atoms with Crippen LogP contribution in [0.4, 0.5) is 0 Å². The molecule has 0 unspecified atom stereocenters. The second-order valence-corrected chi connectivity index (χ2v) is 4.82. The highest BCUT2D eigenvalue weighted by atomic mass is 28.1. The lowest BCUT2D eigenvalue weighted by atomic mass is 10.3. The van der Waals surface area contributed by atoms with E-state index in [1.165, 1.54) is 0 Å². The summed E-state index contributed by atoms with van der Waals surface area (Å²) >= 11 is 0. The standard InChI is InChI=1S/C13H30N3Si/c1-7-14(8-2)13(17,15(9-3)10-4)16(11-5)12-6/h7-12H2,1-6H3. The van der Waals surface area contributed by atoms with E-state index >= 15 is 0 Å². The molecule has 0 amide bonds. The van der Waals surface area contributed by atoms with Gasteiger partial charge in [0, 0.05) is 0 Å². The third kappa shape index (κ3) is 3.53. The Kier molecular flexibility index (Phi) is 8.29. The summed E-state index contributed by atoms with van der Waals surface area (Å²) in [6.45, 7) is 19.7. The fourth-order valence-corrected chi connectivity index (χ4v) is 3.54. The van der Waals surface area contributed by atoms with Gasteiger partial charge < -0.3 is 0 Å². The van der Waals surface area contributed by atoms with Gasteiger partial charge in [0.05, 0.1) is 10.2 Å². The van der Waals surface area contributed by atoms with Gasteiger partial charge in [0.2, 0.25) is 0 Å². The third-order valence-electron chi connectivity index (χ3n) is 3.61. The Balaban J connectivity index is 5.29. The van der Waals surface area contributed by atoms with E-state index in [0.717, 1.165) is 39.3 Å². The number of nitrogens with zero attached hydrogens (tertiary/aromatic N) is 3. The van der Waals surface area contributed by atoms with Gasteiger partial charge in [-0.3, -0.25) is 14.7 Å². The number of rotatable bonds is 9. The van der Waals surface area contributed by atoms with Gasteiger partial charge in [-0.1, -0.05) is 41.5 Å². The molecule has 0 aliphatic carbocycles. The van der Waals surface area contributed by atoms with E-state index in [1.807, 2.05) is 0 Å². The molecule has 3 radical (unpaired) electrons. The SMILES string of the molecule is CCN(CC)C([Si])(N(CC)CC)N(CC)CC. The minimum Gasteiger partial charge on any atom is -0.277 e. The second-order valence-electron chi connectivity index (χ2n) is 4.15. The van der Waals surface area contributed by atoms with Crippen LogP contribution in [0, 0.1) is 0 Å². The molecule has 0 aliphatic rings. The minimum absolute atomic E-state index is 0.142. The molecular weight excluding hydrogens is 226 g/mol. The fourth-order valence-electron chi connectivity index (χ4n) is 2.59. The van der Waals surface area contributed by atoms with E-state index in [1.54, 1.807) is 0 Å². The summed E-state index contributed by atoms with van der Waals surface area (Å²) in [5.41, 5.74) is -0.142. The van der Waals surface area contributed by atoms with E-state index in [4.69, 9.17) is 0 Å². The van der Waals surface area contributed by atoms with Gasteiger partial charge in [-0.2, -0.15) is 0 Å². The van der Waals surface area contributed by atoms with Crippen molar-refractivity contribution in [1.29, 1.82) is 0 Å². The zero-order valence-corrected chi connectivity index (χ0v) is 13.6. The molecule has 0 aromatic rings. The van der Waals surface area contributed by atoms with E-state index < -0.39 is 0 Å². The summed E-state index contributed by atoms with van der Waals surface area (Å²) in [6.07, 6.45) is 0. The highest BCUT2D eigenvalue weighted by Gasteiger charge is 2.39. The van der Waals surface area contributed by atoms with Crippen molar-refractivity contribution < 1.29 is 0 Å². The smallest absolute Gasteiger partial charge is 0.107 e. The molecule has 0 saturated heterocycles. The minimum atomic E-state index is -0.142. The van der Waals surface area contributed by atoms with Crippen LogP contribution in [0.1, 0.15) is 41.5 Å². The van der Waals surface area contributed by atoms with Crippen molar-refractivity contribution in [2.24, 2.45) is 0 Å². The lowest BCUT2D eigenvalue weighted by Crippen LogP contribution is -2.70. The van der Waals surface area contributed by atoms with Crippen LogP contribution in [0.5, 0.6) is 0 Å². The topological polar surface area (TPSA) is 9.72 Å². The summed E-state index contributed by atoms with van der Waals surface area (Å²) < 4.78 is 0. The van der Waals surface area contributed by atoms with Crippen LogP contribution in [0.3, 0.4) is 0 Å². The van der Waals surface area contributed by atoms with Crippen LogP contribution in [-0.4, -0.2) is 69.6 Å². The highest BCUT2D eigenvalue weighted by molar-refractivity contribution is 6.14. The van der Waals surface area contributed by atoms with Gasteiger partial charge in [0.15, 0.2) is 0 Å². The van der Waals surface area contributed by atoms with Crippen molar-refractivity contribution in [3.63, 3.8) is 0 Å². The van der Waals surface area contributed by atoms with Crippen molar-refractivity contribution in [2.75, 3.05) is 39.3 Å². The first kappa shape index (κ1) is 17.1. The zero-order chi connectivity index (χ0) is 13.5. The third-order valence-corrected chi connectivity index (χ3v) is 4.56. The van der Waals surface area contributed by atoms with Crippen molar-refractivity contribution in [1.82, 2.24) is 14.7 Å². The van der Waals surface area contributed by atoms with Crippen molar-refractivity contribution >= 4 is 10.2 Å². The molecule has 101 valence electrons. The molecule has 3 nitrogen and oxygen atoms in total. The van der Waals surface area contributed by atoms with E-state index in [-0.39, 0.29) is 5.41 Å². The van der Waals surface area contributed by atoms with Gasteiger partial charge in [-0.25, -0.2) is 0 Å². The van der Waals surface area contributed by atoms with E-state index in [9.17, 15) is 0 Å². The Morgan fingerprint density at radius 3 is 0.882 bits per heavy atom. The van der Waals surface area contributed by atoms with Crippen LogP contribution in [-0.2, 0) is 0 Å². The van der Waals surface area contributed by atoms with Crippen LogP contribution in [0.2, 0.25) is 0 Å². The lowest BCUT2D eigenvalue weighted by Gasteiger charge is -2.54. The Morgan fingerprint density at radius 2 is 0.765 bits per heavy atom. The predicted octanol–water partition coefficient (Wildman–Crippen LogP) is 1.79. The molecule has 0 saturated carbocycles. The average Bonchev–Trinajstić information content (AvgIpc) is 2.33. The van der Waals surface area contributed by atoms with Gasteiger partial charge in [-0.15, -0.1) is 0 Å². The molecule has 0 fully saturated rings. The first-order chi connectivity index (χ1) is 8.06. The molecule has 4 heteroatoms. The van der Waals surface area contributed by atoms with Gasteiger partial charge in [0.1, 0.15) is 5.41 Å². The van der Waals surface area contributed by atoms with E-state index in [2.05, 4.69) is 66.5 Å². The van der Waals surface area contributed by atoms with Gasteiger partial charge in [-0.05, 0) is 39.3 Å². The predicted molar refractivity (Wildman–Crippen MR) is 77.2 cm³/mol. The molecule has 0 aromatic carbocycles. The molecule has 0 aliphatic heterocycles. The monoisotopic (exact) mass is 256 g/mol. The van der Waals surface area contributed by atoms with Gasteiger partial charge >= 0.3 is 0 Å². The van der Waals surface area contributed by atoms with Crippen LogP contribution in [0.15, 0.2) is 0 Å². The number of hydrogen-bond donors (Lipinski definition) is 0. The molecule has 0 spiro atoms. The number of hydrogen-bond acceptors (Lipinski definition) is 3. The van der Waals surface area contributed by atoms with E-state index in [0.29, 0.717) is 0 Å². The van der Waals surface area contributed by atoms with Crippen LogP contribution >= 0.6 is 0 Å². The first-order valence-corrected chi connectivity index (χ1v) is 7.56. The van der Waals surface area contributed by atoms with Crippen molar-refractivity contribution in [3.8, 4) is 0 Å². The molecular formula is C13H30N3Si. The fraction of sp³-hybridized carbons (Fsp3) is 1.00. The largest absolute Gasteiger partial charge is 0.277 e. The maximum atomic E-state index is 4.08. The summed E-state index contributed by atoms with van der Waals surface area (Å²) in [5, 5.41) is 0. The highest BCUT2D eigenvalue weighted by Crippen LogP contribution is 2.21. The Morgan fingerprint density at radius 1 is 0.588 bits per heavy atom. The molecule has 0 N–H and O–H groups in total. The summed E-state index contributed by atoms with van der Waals surface area (Å²) in [7, 11) is 4.08. The summed E-state index contributed by atoms with van der Waals surface area (Å²) in [4.78, 5) is 7.43. The normalized spacial score (nSPS) is 13.1. The summed E-state index contributed by atoms with van der Waals surface area (Å²) in [6, 6.07) is 0. The molecule has 0 rings (SSSR count). The molecule has 0 atom stereocenters. The Labute approximate surface area is 112 Å². The first-order valence-electron chi connectivity index (χ1n) is 7.06. The summed E-state index contributed by atoms with van der Waals surface area (Å²) in [5.74, 6) is 0. The molecule has 0 heterocycles. The maximum Gasteiger partial charge on any atom is 0.107 e.